The maximum atomic E-state index is 9.19. The van der Waals surface area contributed by atoms with Gasteiger partial charge in [-0.2, -0.15) is 15.8 Å². The molecule has 0 bridgehead atoms. The van der Waals surface area contributed by atoms with Gasteiger partial charge in [0.05, 0.1) is 17.7 Å². The second-order valence-corrected chi connectivity index (χ2v) is 6.74. The Kier molecular flexibility index (Phi) is 7.11. The summed E-state index contributed by atoms with van der Waals surface area (Å²) in [5.74, 6) is -0.109. The van der Waals surface area contributed by atoms with Crippen molar-refractivity contribution in [3.05, 3.63) is 53.2 Å². The molecule has 1 aromatic heterocycles. The van der Waals surface area contributed by atoms with Crippen LogP contribution in [0.1, 0.15) is 12.0 Å². The SMILES string of the molecule is N#Cc1cccnc1SC(COc1ccc(Cl)cc1)CC(C#N)C#N. The zero-order valence-electron chi connectivity index (χ0n) is 13.1. The molecule has 0 amide bonds. The van der Waals surface area contributed by atoms with Gasteiger partial charge in [0.25, 0.3) is 0 Å². The Morgan fingerprint density at radius 3 is 2.48 bits per heavy atom. The highest BCUT2D eigenvalue weighted by atomic mass is 35.5. The highest BCUT2D eigenvalue weighted by molar-refractivity contribution is 7.99. The van der Waals surface area contributed by atoms with Gasteiger partial charge in [-0.05, 0) is 42.8 Å². The largest absolute Gasteiger partial charge is 0.492 e. The number of hydrogen-bond donors (Lipinski definition) is 0. The molecular weight excluding hydrogens is 356 g/mol. The van der Waals surface area contributed by atoms with Gasteiger partial charge in [0.15, 0.2) is 0 Å². The number of pyridine rings is 1. The summed E-state index contributed by atoms with van der Waals surface area (Å²) in [7, 11) is 0. The van der Waals surface area contributed by atoms with Gasteiger partial charge in [0.2, 0.25) is 0 Å². The number of nitrogens with zero attached hydrogens (tertiary/aromatic N) is 4. The van der Waals surface area contributed by atoms with Crippen molar-refractivity contribution in [2.45, 2.75) is 16.7 Å². The number of nitriles is 3. The third-order valence-corrected chi connectivity index (χ3v) is 4.69. The Labute approximate surface area is 155 Å². The Hall–Kier alpha value is -2.72. The molecule has 0 saturated carbocycles. The molecule has 5 nitrogen and oxygen atoms in total. The lowest BCUT2D eigenvalue weighted by Crippen LogP contribution is -2.18. The second kappa shape index (κ2) is 9.55. The average Bonchev–Trinajstić information content (AvgIpc) is 2.65. The highest BCUT2D eigenvalue weighted by Crippen LogP contribution is 2.29. The van der Waals surface area contributed by atoms with Gasteiger partial charge in [-0.1, -0.05) is 23.4 Å². The summed E-state index contributed by atoms with van der Waals surface area (Å²) >= 11 is 7.19. The van der Waals surface area contributed by atoms with Crippen molar-refractivity contribution in [2.75, 3.05) is 6.61 Å². The average molecular weight is 369 g/mol. The van der Waals surface area contributed by atoms with E-state index in [2.05, 4.69) is 11.1 Å². The first-order valence-electron chi connectivity index (χ1n) is 7.35. The maximum absolute atomic E-state index is 9.19. The Morgan fingerprint density at radius 1 is 1.12 bits per heavy atom. The molecule has 2 rings (SSSR count). The fraction of sp³-hybridized carbons (Fsp3) is 0.222. The zero-order valence-corrected chi connectivity index (χ0v) is 14.7. The molecule has 0 radical (unpaired) electrons. The number of hydrogen-bond acceptors (Lipinski definition) is 6. The Morgan fingerprint density at radius 2 is 1.84 bits per heavy atom. The molecule has 124 valence electrons. The van der Waals surface area contributed by atoms with Crippen molar-refractivity contribution in [1.29, 1.82) is 15.8 Å². The topological polar surface area (TPSA) is 93.5 Å². The van der Waals surface area contributed by atoms with Crippen molar-refractivity contribution < 1.29 is 4.74 Å². The van der Waals surface area contributed by atoms with Crippen LogP contribution in [0.25, 0.3) is 0 Å². The predicted molar refractivity (Wildman–Crippen MR) is 94.9 cm³/mol. The van der Waals surface area contributed by atoms with Gasteiger partial charge >= 0.3 is 0 Å². The fourth-order valence-corrected chi connectivity index (χ4v) is 3.22. The smallest absolute Gasteiger partial charge is 0.134 e. The monoisotopic (exact) mass is 368 g/mol. The quantitative estimate of drug-likeness (QED) is 0.680. The van der Waals surface area contributed by atoms with Crippen molar-refractivity contribution in [1.82, 2.24) is 4.98 Å². The number of halogens is 1. The lowest BCUT2D eigenvalue weighted by molar-refractivity contribution is 0.309. The van der Waals surface area contributed by atoms with Crippen LogP contribution in [0, 0.1) is 39.9 Å². The Balaban J connectivity index is 2.12. The summed E-state index contributed by atoms with van der Waals surface area (Å²) < 4.78 is 5.75. The van der Waals surface area contributed by atoms with E-state index < -0.39 is 5.92 Å². The summed E-state index contributed by atoms with van der Waals surface area (Å²) in [6.07, 6.45) is 1.92. The molecule has 0 N–H and O–H groups in total. The zero-order chi connectivity index (χ0) is 18.1. The molecule has 0 fully saturated rings. The van der Waals surface area contributed by atoms with Crippen LogP contribution in [0.3, 0.4) is 0 Å². The number of aromatic nitrogens is 1. The lowest BCUT2D eigenvalue weighted by atomic mass is 10.1. The van der Waals surface area contributed by atoms with Gasteiger partial charge in [0.1, 0.15) is 29.4 Å². The van der Waals surface area contributed by atoms with Crippen LogP contribution in [0.15, 0.2) is 47.6 Å². The first kappa shape index (κ1) is 18.6. The molecular formula is C18H13ClN4OS. The van der Waals surface area contributed by atoms with Crippen molar-refractivity contribution in [3.63, 3.8) is 0 Å². The van der Waals surface area contributed by atoms with E-state index in [-0.39, 0.29) is 11.9 Å². The number of ether oxygens (including phenoxy) is 1. The van der Waals surface area contributed by atoms with Crippen LogP contribution in [-0.2, 0) is 0 Å². The van der Waals surface area contributed by atoms with E-state index in [1.54, 1.807) is 42.6 Å². The van der Waals surface area contributed by atoms with Crippen LogP contribution in [0.5, 0.6) is 5.75 Å². The minimum atomic E-state index is -0.749. The summed E-state index contributed by atoms with van der Waals surface area (Å²) in [5.41, 5.74) is 0.453. The van der Waals surface area contributed by atoms with Gasteiger partial charge in [0, 0.05) is 16.5 Å². The molecule has 0 aliphatic rings. The molecule has 0 aliphatic carbocycles. The second-order valence-electron chi connectivity index (χ2n) is 5.02. The number of benzene rings is 1. The van der Waals surface area contributed by atoms with E-state index in [1.165, 1.54) is 11.8 Å². The van der Waals surface area contributed by atoms with Crippen LogP contribution in [0.4, 0.5) is 0 Å². The van der Waals surface area contributed by atoms with E-state index in [9.17, 15) is 5.26 Å². The third kappa shape index (κ3) is 5.69. The first-order chi connectivity index (χ1) is 12.2. The van der Waals surface area contributed by atoms with Crippen LogP contribution >= 0.6 is 23.4 Å². The van der Waals surface area contributed by atoms with Gasteiger partial charge in [-0.25, -0.2) is 4.98 Å². The van der Waals surface area contributed by atoms with E-state index in [0.29, 0.717) is 27.8 Å². The molecule has 0 aliphatic heterocycles. The number of thioether (sulfide) groups is 1. The van der Waals surface area contributed by atoms with Crippen molar-refractivity contribution in [3.8, 4) is 24.0 Å². The van der Waals surface area contributed by atoms with Gasteiger partial charge < -0.3 is 4.74 Å². The molecule has 0 saturated heterocycles. The maximum Gasteiger partial charge on any atom is 0.134 e. The van der Waals surface area contributed by atoms with E-state index in [1.807, 2.05) is 12.1 Å². The first-order valence-corrected chi connectivity index (χ1v) is 8.61. The minimum Gasteiger partial charge on any atom is -0.492 e. The minimum absolute atomic E-state index is 0.207. The van der Waals surface area contributed by atoms with Crippen LogP contribution in [0.2, 0.25) is 5.02 Å². The molecule has 2 aromatic rings. The number of rotatable bonds is 7. The molecule has 1 heterocycles. The Bertz CT molecular complexity index is 822. The fourth-order valence-electron chi connectivity index (χ4n) is 2.00. The van der Waals surface area contributed by atoms with E-state index in [4.69, 9.17) is 26.9 Å². The lowest BCUT2D eigenvalue weighted by Gasteiger charge is -2.17. The molecule has 1 aromatic carbocycles. The molecule has 1 unspecified atom stereocenters. The summed E-state index contributed by atoms with van der Waals surface area (Å²) in [6, 6.07) is 16.3. The third-order valence-electron chi connectivity index (χ3n) is 3.23. The molecule has 1 atom stereocenters. The van der Waals surface area contributed by atoms with E-state index >= 15 is 0 Å². The van der Waals surface area contributed by atoms with Crippen LogP contribution in [-0.4, -0.2) is 16.8 Å². The van der Waals surface area contributed by atoms with Crippen LogP contribution < -0.4 is 4.74 Å². The van der Waals surface area contributed by atoms with E-state index in [0.717, 1.165) is 0 Å². The summed E-state index contributed by atoms with van der Waals surface area (Å²) in [6.45, 7) is 0.271. The normalized spacial score (nSPS) is 11.2. The van der Waals surface area contributed by atoms with Gasteiger partial charge in [-0.15, -0.1) is 0 Å². The summed E-state index contributed by atoms with van der Waals surface area (Å²) in [5, 5.41) is 28.3. The van der Waals surface area contributed by atoms with Crippen molar-refractivity contribution in [2.24, 2.45) is 5.92 Å². The van der Waals surface area contributed by atoms with Gasteiger partial charge in [-0.3, -0.25) is 0 Å². The standard InChI is InChI=1S/C18H13ClN4OS/c19-15-3-5-16(6-4-15)24-12-17(8-13(9-20)10-21)25-18-14(11-22)2-1-7-23-18/h1-7,13,17H,8,12H2. The highest BCUT2D eigenvalue weighted by Gasteiger charge is 2.20. The van der Waals surface area contributed by atoms with Crippen molar-refractivity contribution >= 4 is 23.4 Å². The molecule has 25 heavy (non-hydrogen) atoms. The molecule has 7 heteroatoms. The predicted octanol–water partition coefficient (Wildman–Crippen LogP) is 4.20. The molecule has 0 spiro atoms. The summed E-state index contributed by atoms with van der Waals surface area (Å²) in [4.78, 5) is 4.22.